The summed E-state index contributed by atoms with van der Waals surface area (Å²) in [5.41, 5.74) is 0.899. The Morgan fingerprint density at radius 1 is 1.50 bits per heavy atom. The highest BCUT2D eigenvalue weighted by atomic mass is 32.2. The highest BCUT2D eigenvalue weighted by Gasteiger charge is 2.15. The number of nitrogens with zero attached hydrogens (tertiary/aromatic N) is 2. The molecule has 0 amide bonds. The van der Waals surface area contributed by atoms with Gasteiger partial charge in [0.05, 0.1) is 0 Å². The van der Waals surface area contributed by atoms with Crippen molar-refractivity contribution in [3.63, 3.8) is 0 Å². The van der Waals surface area contributed by atoms with Gasteiger partial charge in [-0.05, 0) is 12.7 Å². The number of hydrogen-bond acceptors (Lipinski definition) is 5. The van der Waals surface area contributed by atoms with Crippen molar-refractivity contribution in [1.82, 2.24) is 15.3 Å². The number of carbonyl (C=O) groups is 1. The predicted molar refractivity (Wildman–Crippen MR) is 71.6 cm³/mol. The van der Waals surface area contributed by atoms with Crippen LogP contribution < -0.4 is 5.32 Å². The Hall–Kier alpha value is -1.14. The molecule has 5 nitrogen and oxygen atoms in total. The standard InChI is InChI=1S/C12H19N3O2S/c1-3-4-5-10(11(16)17)13-6-9-7-14-12(18-2)15-8-9/h7-8,10,13H,3-6H2,1-2H3,(H,16,17)/t10-/m0/s1. The molecule has 1 aromatic rings. The Morgan fingerprint density at radius 3 is 2.67 bits per heavy atom. The van der Waals surface area contributed by atoms with Gasteiger partial charge in [-0.3, -0.25) is 4.79 Å². The van der Waals surface area contributed by atoms with Gasteiger partial charge in [-0.15, -0.1) is 0 Å². The van der Waals surface area contributed by atoms with Crippen molar-refractivity contribution in [2.75, 3.05) is 6.26 Å². The number of nitrogens with one attached hydrogen (secondary N) is 1. The fraction of sp³-hybridized carbons (Fsp3) is 0.583. The van der Waals surface area contributed by atoms with E-state index in [1.165, 1.54) is 11.8 Å². The van der Waals surface area contributed by atoms with Crippen LogP contribution in [0.1, 0.15) is 31.7 Å². The number of hydrogen-bond donors (Lipinski definition) is 2. The molecule has 100 valence electrons. The quantitative estimate of drug-likeness (QED) is 0.555. The van der Waals surface area contributed by atoms with Crippen LogP contribution in [0.15, 0.2) is 17.6 Å². The maximum absolute atomic E-state index is 11.0. The second kappa shape index (κ2) is 8.05. The van der Waals surface area contributed by atoms with Crippen LogP contribution in [0, 0.1) is 0 Å². The summed E-state index contributed by atoms with van der Waals surface area (Å²) in [6, 6.07) is -0.495. The molecule has 1 heterocycles. The van der Waals surface area contributed by atoms with Gasteiger partial charge in [-0.25, -0.2) is 9.97 Å². The monoisotopic (exact) mass is 269 g/mol. The minimum Gasteiger partial charge on any atom is -0.480 e. The third-order valence-electron chi connectivity index (χ3n) is 2.56. The summed E-state index contributed by atoms with van der Waals surface area (Å²) < 4.78 is 0. The molecule has 18 heavy (non-hydrogen) atoms. The second-order valence-electron chi connectivity index (χ2n) is 3.99. The molecule has 2 N–H and O–H groups in total. The average Bonchev–Trinajstić information content (AvgIpc) is 2.39. The van der Waals surface area contributed by atoms with Gasteiger partial charge in [0.2, 0.25) is 0 Å². The topological polar surface area (TPSA) is 75.1 Å². The average molecular weight is 269 g/mol. The Labute approximate surface area is 111 Å². The Balaban J connectivity index is 2.47. The van der Waals surface area contributed by atoms with E-state index in [4.69, 9.17) is 5.11 Å². The van der Waals surface area contributed by atoms with Crippen molar-refractivity contribution < 1.29 is 9.90 Å². The number of carboxylic acids is 1. The number of unbranched alkanes of at least 4 members (excludes halogenated alkanes) is 1. The lowest BCUT2D eigenvalue weighted by Gasteiger charge is -2.13. The summed E-state index contributed by atoms with van der Waals surface area (Å²) in [5.74, 6) is -0.801. The molecular formula is C12H19N3O2S. The van der Waals surface area contributed by atoms with E-state index in [1.54, 1.807) is 12.4 Å². The molecule has 0 aromatic carbocycles. The first-order valence-electron chi connectivity index (χ1n) is 5.98. The van der Waals surface area contributed by atoms with Crippen LogP contribution in [0.25, 0.3) is 0 Å². The van der Waals surface area contributed by atoms with Gasteiger partial charge < -0.3 is 10.4 Å². The maximum Gasteiger partial charge on any atom is 0.320 e. The minimum atomic E-state index is -0.801. The number of thioether (sulfide) groups is 1. The van der Waals surface area contributed by atoms with Gasteiger partial charge in [-0.2, -0.15) is 0 Å². The van der Waals surface area contributed by atoms with Crippen molar-refractivity contribution in [3.8, 4) is 0 Å². The lowest BCUT2D eigenvalue weighted by molar-refractivity contribution is -0.139. The number of aliphatic carboxylic acids is 1. The highest BCUT2D eigenvalue weighted by molar-refractivity contribution is 7.98. The molecule has 6 heteroatoms. The van der Waals surface area contributed by atoms with Crippen LogP contribution in [-0.4, -0.2) is 33.3 Å². The molecule has 0 aliphatic carbocycles. The van der Waals surface area contributed by atoms with Crippen molar-refractivity contribution in [1.29, 1.82) is 0 Å². The number of aromatic nitrogens is 2. The van der Waals surface area contributed by atoms with Crippen LogP contribution in [0.3, 0.4) is 0 Å². The molecule has 1 atom stereocenters. The van der Waals surface area contributed by atoms with Gasteiger partial charge in [0.25, 0.3) is 0 Å². The van der Waals surface area contributed by atoms with Gasteiger partial charge in [0.15, 0.2) is 5.16 Å². The largest absolute Gasteiger partial charge is 0.480 e. The van der Waals surface area contributed by atoms with E-state index in [0.29, 0.717) is 13.0 Å². The van der Waals surface area contributed by atoms with Crippen LogP contribution in [0.5, 0.6) is 0 Å². The first-order valence-corrected chi connectivity index (χ1v) is 7.21. The Bertz CT molecular complexity index is 370. The fourth-order valence-electron chi connectivity index (χ4n) is 1.50. The van der Waals surface area contributed by atoms with E-state index in [0.717, 1.165) is 23.6 Å². The van der Waals surface area contributed by atoms with E-state index < -0.39 is 12.0 Å². The zero-order valence-electron chi connectivity index (χ0n) is 10.7. The summed E-state index contributed by atoms with van der Waals surface area (Å²) >= 11 is 1.48. The molecule has 0 radical (unpaired) electrons. The van der Waals surface area contributed by atoms with Gasteiger partial charge in [-0.1, -0.05) is 31.5 Å². The Kier molecular flexibility index (Phi) is 6.67. The lowest BCUT2D eigenvalue weighted by atomic mass is 10.1. The van der Waals surface area contributed by atoms with Crippen LogP contribution in [0.4, 0.5) is 0 Å². The van der Waals surface area contributed by atoms with Gasteiger partial charge in [0, 0.05) is 24.5 Å². The van der Waals surface area contributed by atoms with Crippen LogP contribution in [-0.2, 0) is 11.3 Å². The highest BCUT2D eigenvalue weighted by Crippen LogP contribution is 2.07. The Morgan fingerprint density at radius 2 is 2.17 bits per heavy atom. The van der Waals surface area contributed by atoms with Crippen molar-refractivity contribution >= 4 is 17.7 Å². The predicted octanol–water partition coefficient (Wildman–Crippen LogP) is 1.93. The van der Waals surface area contributed by atoms with E-state index in [2.05, 4.69) is 15.3 Å². The van der Waals surface area contributed by atoms with Crippen molar-refractivity contribution in [2.24, 2.45) is 0 Å². The molecule has 0 unspecified atom stereocenters. The molecule has 0 fully saturated rings. The summed E-state index contributed by atoms with van der Waals surface area (Å²) in [4.78, 5) is 19.3. The van der Waals surface area contributed by atoms with Gasteiger partial charge >= 0.3 is 5.97 Å². The molecule has 0 bridgehead atoms. The third-order valence-corrected chi connectivity index (χ3v) is 3.14. The zero-order valence-corrected chi connectivity index (χ0v) is 11.5. The van der Waals surface area contributed by atoms with Gasteiger partial charge in [0.1, 0.15) is 6.04 Å². The summed E-state index contributed by atoms with van der Waals surface area (Å²) in [7, 11) is 0. The molecule has 1 rings (SSSR count). The molecule has 0 saturated carbocycles. The van der Waals surface area contributed by atoms with E-state index in [9.17, 15) is 4.79 Å². The lowest BCUT2D eigenvalue weighted by Crippen LogP contribution is -2.36. The zero-order chi connectivity index (χ0) is 13.4. The van der Waals surface area contributed by atoms with Crippen molar-refractivity contribution in [3.05, 3.63) is 18.0 Å². The first-order chi connectivity index (χ1) is 8.67. The molecule has 1 aromatic heterocycles. The second-order valence-corrected chi connectivity index (χ2v) is 4.77. The minimum absolute atomic E-state index is 0.481. The summed E-state index contributed by atoms with van der Waals surface area (Å²) in [5, 5.41) is 12.8. The van der Waals surface area contributed by atoms with E-state index in [-0.39, 0.29) is 0 Å². The summed E-state index contributed by atoms with van der Waals surface area (Å²) in [6.07, 6.45) is 7.92. The maximum atomic E-state index is 11.0. The molecule has 0 spiro atoms. The molecule has 0 saturated heterocycles. The van der Waals surface area contributed by atoms with Crippen molar-refractivity contribution in [2.45, 2.75) is 43.9 Å². The molecular weight excluding hydrogens is 250 g/mol. The smallest absolute Gasteiger partial charge is 0.320 e. The molecule has 0 aliphatic rings. The van der Waals surface area contributed by atoms with E-state index >= 15 is 0 Å². The van der Waals surface area contributed by atoms with Crippen LogP contribution in [0.2, 0.25) is 0 Å². The molecule has 0 aliphatic heterocycles. The van der Waals surface area contributed by atoms with E-state index in [1.807, 2.05) is 13.2 Å². The number of rotatable bonds is 8. The fourth-order valence-corrected chi connectivity index (χ4v) is 1.82. The summed E-state index contributed by atoms with van der Waals surface area (Å²) in [6.45, 7) is 2.53. The first kappa shape index (κ1) is 14.9. The SMILES string of the molecule is CCCC[C@H](NCc1cnc(SC)nc1)C(=O)O. The third kappa shape index (κ3) is 5.01. The van der Waals surface area contributed by atoms with Crippen LogP contribution >= 0.6 is 11.8 Å². The number of carboxylic acid groups (broad SMARTS) is 1. The normalized spacial score (nSPS) is 12.3.